The van der Waals surface area contributed by atoms with Crippen molar-refractivity contribution in [3.63, 3.8) is 0 Å². The molecule has 1 heterocycles. The number of hydrogen-bond acceptors (Lipinski definition) is 5. The van der Waals surface area contributed by atoms with Crippen molar-refractivity contribution in [2.24, 2.45) is 0 Å². The fourth-order valence-electron chi connectivity index (χ4n) is 2.19. The molecular formula is C12H17ClN4O2. The number of piperazine rings is 1. The molecule has 1 saturated heterocycles. The molecule has 104 valence electrons. The van der Waals surface area contributed by atoms with Crippen LogP contribution in [0.15, 0.2) is 12.1 Å². The smallest absolute Gasteiger partial charge is 0.293 e. The first-order valence-corrected chi connectivity index (χ1v) is 6.50. The molecule has 7 heteroatoms. The standard InChI is InChI=1S/C12H17ClN4O2/c1-14-10-8-11(9(13)7-12(10)17(18)19)16-5-3-15(2)4-6-16/h7-8,14H,3-6H2,1-2H3. The van der Waals surface area contributed by atoms with Crippen LogP contribution in [0.4, 0.5) is 17.1 Å². The summed E-state index contributed by atoms with van der Waals surface area (Å²) in [6.07, 6.45) is 0. The molecule has 19 heavy (non-hydrogen) atoms. The number of hydrogen-bond donors (Lipinski definition) is 1. The normalized spacial score (nSPS) is 16.5. The minimum atomic E-state index is -0.425. The summed E-state index contributed by atoms with van der Waals surface area (Å²) in [4.78, 5) is 14.9. The van der Waals surface area contributed by atoms with Crippen LogP contribution >= 0.6 is 11.6 Å². The Morgan fingerprint density at radius 1 is 1.32 bits per heavy atom. The van der Waals surface area contributed by atoms with Crippen molar-refractivity contribution in [1.82, 2.24) is 4.90 Å². The van der Waals surface area contributed by atoms with Gasteiger partial charge in [0.15, 0.2) is 0 Å². The molecule has 0 aliphatic carbocycles. The number of likely N-dealkylation sites (N-methyl/N-ethyl adjacent to an activating group) is 1. The van der Waals surface area contributed by atoms with Gasteiger partial charge in [0, 0.05) is 39.3 Å². The van der Waals surface area contributed by atoms with Crippen molar-refractivity contribution in [2.45, 2.75) is 0 Å². The van der Waals surface area contributed by atoms with Crippen molar-refractivity contribution >= 4 is 28.7 Å². The number of nitrogens with one attached hydrogen (secondary N) is 1. The lowest BCUT2D eigenvalue weighted by molar-refractivity contribution is -0.383. The molecule has 2 rings (SSSR count). The van der Waals surface area contributed by atoms with E-state index in [-0.39, 0.29) is 5.69 Å². The fourth-order valence-corrected chi connectivity index (χ4v) is 2.47. The number of nitro groups is 1. The highest BCUT2D eigenvalue weighted by Gasteiger charge is 2.21. The van der Waals surface area contributed by atoms with Gasteiger partial charge in [-0.1, -0.05) is 11.6 Å². The van der Waals surface area contributed by atoms with Crippen LogP contribution in [-0.4, -0.2) is 50.1 Å². The van der Waals surface area contributed by atoms with Gasteiger partial charge in [0.25, 0.3) is 5.69 Å². The van der Waals surface area contributed by atoms with E-state index >= 15 is 0 Å². The molecule has 0 amide bonds. The zero-order valence-corrected chi connectivity index (χ0v) is 11.8. The Labute approximate surface area is 117 Å². The predicted octanol–water partition coefficient (Wildman–Crippen LogP) is 2.04. The van der Waals surface area contributed by atoms with E-state index in [0.29, 0.717) is 10.7 Å². The summed E-state index contributed by atoms with van der Waals surface area (Å²) in [6.45, 7) is 3.67. The van der Waals surface area contributed by atoms with Crippen LogP contribution < -0.4 is 10.2 Å². The predicted molar refractivity (Wildman–Crippen MR) is 77.4 cm³/mol. The van der Waals surface area contributed by atoms with Gasteiger partial charge in [0.1, 0.15) is 5.69 Å². The second-order valence-electron chi connectivity index (χ2n) is 4.62. The van der Waals surface area contributed by atoms with Gasteiger partial charge in [0.2, 0.25) is 0 Å². The number of nitrogens with zero attached hydrogens (tertiary/aromatic N) is 3. The molecule has 1 aromatic carbocycles. The van der Waals surface area contributed by atoms with Crippen LogP contribution in [0.5, 0.6) is 0 Å². The molecule has 1 N–H and O–H groups in total. The lowest BCUT2D eigenvalue weighted by Crippen LogP contribution is -2.44. The first kappa shape index (κ1) is 13.9. The van der Waals surface area contributed by atoms with Crippen molar-refractivity contribution in [2.75, 3.05) is 50.5 Å². The molecule has 0 spiro atoms. The van der Waals surface area contributed by atoms with Crippen molar-refractivity contribution < 1.29 is 4.92 Å². The van der Waals surface area contributed by atoms with E-state index in [2.05, 4.69) is 22.2 Å². The second-order valence-corrected chi connectivity index (χ2v) is 5.03. The van der Waals surface area contributed by atoms with E-state index in [0.717, 1.165) is 31.9 Å². The molecule has 0 atom stereocenters. The third kappa shape index (κ3) is 2.90. The van der Waals surface area contributed by atoms with Gasteiger partial charge in [-0.3, -0.25) is 10.1 Å². The number of anilines is 2. The summed E-state index contributed by atoms with van der Waals surface area (Å²) in [7, 11) is 3.75. The third-order valence-electron chi connectivity index (χ3n) is 3.38. The van der Waals surface area contributed by atoms with E-state index in [1.54, 1.807) is 13.1 Å². The van der Waals surface area contributed by atoms with Gasteiger partial charge in [-0.15, -0.1) is 0 Å². The minimum absolute atomic E-state index is 0.00498. The van der Waals surface area contributed by atoms with Crippen LogP contribution in [0.1, 0.15) is 0 Å². The molecule has 0 unspecified atom stereocenters. The molecule has 1 aromatic rings. The third-order valence-corrected chi connectivity index (χ3v) is 3.68. The molecule has 1 aliphatic heterocycles. The van der Waals surface area contributed by atoms with Gasteiger partial charge in [-0.25, -0.2) is 0 Å². The molecule has 0 bridgehead atoms. The Balaban J connectivity index is 2.33. The maximum Gasteiger partial charge on any atom is 0.293 e. The maximum atomic E-state index is 11.0. The maximum absolute atomic E-state index is 11.0. The molecule has 1 fully saturated rings. The van der Waals surface area contributed by atoms with E-state index in [1.807, 2.05) is 0 Å². The van der Waals surface area contributed by atoms with Gasteiger partial charge in [-0.2, -0.15) is 0 Å². The van der Waals surface area contributed by atoms with Gasteiger partial charge < -0.3 is 15.1 Å². The highest BCUT2D eigenvalue weighted by atomic mass is 35.5. The first-order valence-electron chi connectivity index (χ1n) is 6.12. The van der Waals surface area contributed by atoms with Crippen LogP contribution in [0, 0.1) is 10.1 Å². The Bertz CT molecular complexity index is 487. The summed E-state index contributed by atoms with van der Waals surface area (Å²) in [5.41, 5.74) is 1.35. The zero-order chi connectivity index (χ0) is 14.0. The Morgan fingerprint density at radius 3 is 2.47 bits per heavy atom. The van der Waals surface area contributed by atoms with Crippen LogP contribution in [-0.2, 0) is 0 Å². The average molecular weight is 285 g/mol. The SMILES string of the molecule is CNc1cc(N2CCN(C)CC2)c(Cl)cc1[N+](=O)[O-]. The second kappa shape index (κ2) is 5.63. The zero-order valence-electron chi connectivity index (χ0n) is 11.0. The van der Waals surface area contributed by atoms with Crippen LogP contribution in [0.3, 0.4) is 0 Å². The lowest BCUT2D eigenvalue weighted by Gasteiger charge is -2.34. The average Bonchev–Trinajstić information content (AvgIpc) is 2.39. The molecule has 0 radical (unpaired) electrons. The van der Waals surface area contributed by atoms with Crippen LogP contribution in [0.25, 0.3) is 0 Å². The van der Waals surface area contributed by atoms with Gasteiger partial charge >= 0.3 is 0 Å². The number of halogens is 1. The fraction of sp³-hybridized carbons (Fsp3) is 0.500. The number of nitro benzene ring substituents is 1. The Morgan fingerprint density at radius 2 is 1.95 bits per heavy atom. The summed E-state index contributed by atoms with van der Waals surface area (Å²) < 4.78 is 0. The van der Waals surface area contributed by atoms with E-state index in [4.69, 9.17) is 11.6 Å². The summed E-state index contributed by atoms with van der Waals surface area (Å²) >= 11 is 6.18. The largest absolute Gasteiger partial charge is 0.383 e. The molecule has 6 nitrogen and oxygen atoms in total. The summed E-state index contributed by atoms with van der Waals surface area (Å²) in [5, 5.41) is 14.2. The number of rotatable bonds is 3. The highest BCUT2D eigenvalue weighted by molar-refractivity contribution is 6.33. The molecular weight excluding hydrogens is 268 g/mol. The first-order chi connectivity index (χ1) is 9.02. The quantitative estimate of drug-likeness (QED) is 0.680. The topological polar surface area (TPSA) is 61.6 Å². The lowest BCUT2D eigenvalue weighted by atomic mass is 10.2. The number of benzene rings is 1. The van der Waals surface area contributed by atoms with Gasteiger partial charge in [-0.05, 0) is 13.1 Å². The Kier molecular flexibility index (Phi) is 4.11. The molecule has 0 aromatic heterocycles. The monoisotopic (exact) mass is 284 g/mol. The van der Waals surface area contributed by atoms with Crippen molar-refractivity contribution in [3.05, 3.63) is 27.3 Å². The van der Waals surface area contributed by atoms with E-state index < -0.39 is 4.92 Å². The van der Waals surface area contributed by atoms with E-state index in [9.17, 15) is 10.1 Å². The summed E-state index contributed by atoms with van der Waals surface area (Å²) in [5.74, 6) is 0. The van der Waals surface area contributed by atoms with E-state index in [1.165, 1.54) is 6.07 Å². The molecule has 1 aliphatic rings. The molecule has 0 saturated carbocycles. The van der Waals surface area contributed by atoms with Crippen molar-refractivity contribution in [3.8, 4) is 0 Å². The van der Waals surface area contributed by atoms with Gasteiger partial charge in [0.05, 0.1) is 15.6 Å². The van der Waals surface area contributed by atoms with Crippen LogP contribution in [0.2, 0.25) is 5.02 Å². The van der Waals surface area contributed by atoms with Crippen molar-refractivity contribution in [1.29, 1.82) is 0 Å². The minimum Gasteiger partial charge on any atom is -0.383 e. The highest BCUT2D eigenvalue weighted by Crippen LogP contribution is 2.36. The Hall–Kier alpha value is -1.53. The summed E-state index contributed by atoms with van der Waals surface area (Å²) in [6, 6.07) is 3.17.